The Morgan fingerprint density at radius 2 is 2.00 bits per heavy atom. The SMILES string of the molecule is CC#CCCNCCN1CCCC1. The summed E-state index contributed by atoms with van der Waals surface area (Å²) in [6.07, 6.45) is 3.76. The van der Waals surface area contributed by atoms with Crippen molar-refractivity contribution < 1.29 is 0 Å². The predicted molar refractivity (Wildman–Crippen MR) is 56.6 cm³/mol. The van der Waals surface area contributed by atoms with Crippen LogP contribution in [0.3, 0.4) is 0 Å². The average Bonchev–Trinajstić information content (AvgIpc) is 2.63. The molecule has 1 aliphatic rings. The fourth-order valence-electron chi connectivity index (χ4n) is 1.64. The van der Waals surface area contributed by atoms with Crippen LogP contribution in [0.25, 0.3) is 0 Å². The summed E-state index contributed by atoms with van der Waals surface area (Å²) in [5, 5.41) is 3.40. The smallest absolute Gasteiger partial charge is 0.0214 e. The van der Waals surface area contributed by atoms with Crippen molar-refractivity contribution in [2.75, 3.05) is 32.7 Å². The van der Waals surface area contributed by atoms with E-state index in [1.165, 1.54) is 32.5 Å². The molecule has 1 rings (SSSR count). The van der Waals surface area contributed by atoms with Gasteiger partial charge in [0.2, 0.25) is 0 Å². The maximum atomic E-state index is 3.40. The lowest BCUT2D eigenvalue weighted by Gasteiger charge is -2.14. The Hall–Kier alpha value is -0.520. The van der Waals surface area contributed by atoms with Crippen molar-refractivity contribution in [3.63, 3.8) is 0 Å². The van der Waals surface area contributed by atoms with Crippen molar-refractivity contribution in [2.45, 2.75) is 26.2 Å². The zero-order valence-electron chi connectivity index (χ0n) is 8.60. The largest absolute Gasteiger partial charge is 0.315 e. The van der Waals surface area contributed by atoms with Gasteiger partial charge in [-0.25, -0.2) is 0 Å². The first-order valence-electron chi connectivity index (χ1n) is 5.26. The van der Waals surface area contributed by atoms with Crippen molar-refractivity contribution in [3.05, 3.63) is 0 Å². The average molecular weight is 180 g/mol. The number of rotatable bonds is 5. The van der Waals surface area contributed by atoms with Gasteiger partial charge in [0, 0.05) is 26.1 Å². The van der Waals surface area contributed by atoms with Gasteiger partial charge >= 0.3 is 0 Å². The van der Waals surface area contributed by atoms with Gasteiger partial charge in [-0.15, -0.1) is 11.8 Å². The van der Waals surface area contributed by atoms with E-state index < -0.39 is 0 Å². The van der Waals surface area contributed by atoms with E-state index in [-0.39, 0.29) is 0 Å². The number of nitrogens with one attached hydrogen (secondary N) is 1. The second-order valence-corrected chi connectivity index (χ2v) is 3.48. The molecule has 0 aromatic carbocycles. The van der Waals surface area contributed by atoms with Gasteiger partial charge in [-0.1, -0.05) is 0 Å². The molecule has 0 aliphatic carbocycles. The highest BCUT2D eigenvalue weighted by Gasteiger charge is 2.09. The minimum Gasteiger partial charge on any atom is -0.315 e. The van der Waals surface area contributed by atoms with Crippen LogP contribution < -0.4 is 5.32 Å². The third kappa shape index (κ3) is 4.92. The maximum Gasteiger partial charge on any atom is 0.0214 e. The van der Waals surface area contributed by atoms with Crippen molar-refractivity contribution in [1.82, 2.24) is 10.2 Å². The van der Waals surface area contributed by atoms with Crippen LogP contribution in [0, 0.1) is 11.8 Å². The molecule has 0 radical (unpaired) electrons. The molecule has 1 saturated heterocycles. The molecule has 0 bridgehead atoms. The normalized spacial score (nSPS) is 17.0. The lowest BCUT2D eigenvalue weighted by atomic mass is 10.4. The topological polar surface area (TPSA) is 15.3 Å². The standard InChI is InChI=1S/C11H20N2/c1-2-3-4-7-12-8-11-13-9-5-6-10-13/h12H,4-11H2,1H3. The molecule has 0 unspecified atom stereocenters. The fourth-order valence-corrected chi connectivity index (χ4v) is 1.64. The lowest BCUT2D eigenvalue weighted by Crippen LogP contribution is -2.30. The van der Waals surface area contributed by atoms with Gasteiger partial charge < -0.3 is 10.2 Å². The van der Waals surface area contributed by atoms with E-state index in [4.69, 9.17) is 0 Å². The molecule has 1 N–H and O–H groups in total. The zero-order valence-corrected chi connectivity index (χ0v) is 8.60. The minimum absolute atomic E-state index is 0.983. The van der Waals surface area contributed by atoms with E-state index >= 15 is 0 Å². The van der Waals surface area contributed by atoms with Crippen molar-refractivity contribution in [1.29, 1.82) is 0 Å². The first kappa shape index (κ1) is 10.6. The molecular formula is C11H20N2. The Balaban J connectivity index is 1.85. The summed E-state index contributed by atoms with van der Waals surface area (Å²) in [4.78, 5) is 2.53. The van der Waals surface area contributed by atoms with Crippen LogP contribution in [-0.4, -0.2) is 37.6 Å². The first-order valence-corrected chi connectivity index (χ1v) is 5.26. The maximum absolute atomic E-state index is 3.40. The lowest BCUT2D eigenvalue weighted by molar-refractivity contribution is 0.337. The molecule has 2 heteroatoms. The van der Waals surface area contributed by atoms with E-state index in [9.17, 15) is 0 Å². The number of nitrogens with zero attached hydrogens (tertiary/aromatic N) is 1. The molecular weight excluding hydrogens is 160 g/mol. The van der Waals surface area contributed by atoms with E-state index in [0.29, 0.717) is 0 Å². The van der Waals surface area contributed by atoms with Crippen LogP contribution in [0.15, 0.2) is 0 Å². The molecule has 0 amide bonds. The van der Waals surface area contributed by atoms with Crippen LogP contribution in [0.5, 0.6) is 0 Å². The third-order valence-corrected chi connectivity index (χ3v) is 2.41. The monoisotopic (exact) mass is 180 g/mol. The molecule has 1 aliphatic heterocycles. The van der Waals surface area contributed by atoms with Crippen LogP contribution in [0.2, 0.25) is 0 Å². The Labute approximate surface area is 81.7 Å². The molecule has 1 heterocycles. The molecule has 13 heavy (non-hydrogen) atoms. The summed E-state index contributed by atoms with van der Waals surface area (Å²) in [6, 6.07) is 0. The Morgan fingerprint density at radius 1 is 1.23 bits per heavy atom. The number of hydrogen-bond donors (Lipinski definition) is 1. The van der Waals surface area contributed by atoms with Gasteiger partial charge in [0.25, 0.3) is 0 Å². The van der Waals surface area contributed by atoms with Crippen molar-refractivity contribution >= 4 is 0 Å². The Kier molecular flexibility index (Phi) is 5.64. The van der Waals surface area contributed by atoms with Crippen LogP contribution >= 0.6 is 0 Å². The highest BCUT2D eigenvalue weighted by atomic mass is 15.1. The Morgan fingerprint density at radius 3 is 2.69 bits per heavy atom. The van der Waals surface area contributed by atoms with E-state index in [2.05, 4.69) is 22.1 Å². The molecule has 0 saturated carbocycles. The zero-order chi connectivity index (χ0) is 9.36. The van der Waals surface area contributed by atoms with E-state index in [1.807, 2.05) is 6.92 Å². The first-order chi connectivity index (χ1) is 6.43. The van der Waals surface area contributed by atoms with E-state index in [0.717, 1.165) is 19.5 Å². The molecule has 0 aromatic rings. The molecule has 0 aromatic heterocycles. The van der Waals surface area contributed by atoms with Gasteiger partial charge in [-0.2, -0.15) is 0 Å². The number of hydrogen-bond acceptors (Lipinski definition) is 2. The summed E-state index contributed by atoms with van der Waals surface area (Å²) >= 11 is 0. The molecule has 74 valence electrons. The van der Waals surface area contributed by atoms with Gasteiger partial charge in [-0.05, 0) is 32.9 Å². The summed E-state index contributed by atoms with van der Waals surface area (Å²) in [5.41, 5.74) is 0. The molecule has 0 atom stereocenters. The summed E-state index contributed by atoms with van der Waals surface area (Å²) in [7, 11) is 0. The molecule has 1 fully saturated rings. The van der Waals surface area contributed by atoms with Crippen molar-refractivity contribution in [2.24, 2.45) is 0 Å². The van der Waals surface area contributed by atoms with Gasteiger partial charge in [0.15, 0.2) is 0 Å². The van der Waals surface area contributed by atoms with E-state index in [1.54, 1.807) is 0 Å². The summed E-state index contributed by atoms with van der Waals surface area (Å²) < 4.78 is 0. The quantitative estimate of drug-likeness (QED) is 0.503. The van der Waals surface area contributed by atoms with Crippen LogP contribution in [0.4, 0.5) is 0 Å². The van der Waals surface area contributed by atoms with Crippen molar-refractivity contribution in [3.8, 4) is 11.8 Å². The highest BCUT2D eigenvalue weighted by Crippen LogP contribution is 2.05. The second kappa shape index (κ2) is 6.94. The second-order valence-electron chi connectivity index (χ2n) is 3.48. The third-order valence-electron chi connectivity index (χ3n) is 2.41. The van der Waals surface area contributed by atoms with Gasteiger partial charge in [0.1, 0.15) is 0 Å². The fraction of sp³-hybridized carbons (Fsp3) is 0.818. The highest BCUT2D eigenvalue weighted by molar-refractivity contribution is 4.95. The predicted octanol–water partition coefficient (Wildman–Crippen LogP) is 1.09. The summed E-state index contributed by atoms with van der Waals surface area (Å²) in [6.45, 7) is 7.86. The van der Waals surface area contributed by atoms with Gasteiger partial charge in [-0.3, -0.25) is 0 Å². The minimum atomic E-state index is 0.983. The molecule has 0 spiro atoms. The Bertz CT molecular complexity index is 172. The van der Waals surface area contributed by atoms with Crippen LogP contribution in [0.1, 0.15) is 26.2 Å². The van der Waals surface area contributed by atoms with Gasteiger partial charge in [0.05, 0.1) is 0 Å². The number of likely N-dealkylation sites (tertiary alicyclic amines) is 1. The van der Waals surface area contributed by atoms with Crippen LogP contribution in [-0.2, 0) is 0 Å². The molecule has 2 nitrogen and oxygen atoms in total. The summed E-state index contributed by atoms with van der Waals surface area (Å²) in [5.74, 6) is 5.95.